The summed E-state index contributed by atoms with van der Waals surface area (Å²) < 4.78 is 4.85. The van der Waals surface area contributed by atoms with Gasteiger partial charge in [-0.1, -0.05) is 49.1 Å². The molecule has 1 amide bonds. The van der Waals surface area contributed by atoms with Crippen LogP contribution in [0.4, 0.5) is 0 Å². The van der Waals surface area contributed by atoms with Gasteiger partial charge in [-0.05, 0) is 25.3 Å². The van der Waals surface area contributed by atoms with Crippen LogP contribution in [0, 0.1) is 12.8 Å². The van der Waals surface area contributed by atoms with Gasteiger partial charge in [-0.3, -0.25) is 4.79 Å². The maximum Gasteiger partial charge on any atom is 0.328 e. The number of benzene rings is 1. The summed E-state index contributed by atoms with van der Waals surface area (Å²) in [7, 11) is 1.36. The maximum atomic E-state index is 12.4. The van der Waals surface area contributed by atoms with Crippen LogP contribution in [-0.2, 0) is 20.7 Å². The van der Waals surface area contributed by atoms with Gasteiger partial charge in [0.2, 0.25) is 5.91 Å². The van der Waals surface area contributed by atoms with E-state index in [0.29, 0.717) is 6.42 Å². The number of rotatable bonds is 5. The zero-order valence-corrected chi connectivity index (χ0v) is 13.4. The molecule has 0 unspecified atom stereocenters. The third kappa shape index (κ3) is 4.58. The summed E-state index contributed by atoms with van der Waals surface area (Å²) in [5.41, 5.74) is 2.17. The lowest BCUT2D eigenvalue weighted by molar-refractivity contribution is -0.145. The summed E-state index contributed by atoms with van der Waals surface area (Å²) in [6.07, 6.45) is 5.70. The number of carbonyl (C=O) groups excluding carboxylic acids is 2. The summed E-state index contributed by atoms with van der Waals surface area (Å²) in [5, 5.41) is 2.89. The number of nitrogens with one attached hydrogen (secondary N) is 1. The lowest BCUT2D eigenvalue weighted by atomic mass is 9.88. The predicted octanol–water partition coefficient (Wildman–Crippen LogP) is 2.78. The molecule has 4 heteroatoms. The molecular formula is C18H25NO3. The monoisotopic (exact) mass is 303 g/mol. The Kier molecular flexibility index (Phi) is 5.99. The number of esters is 1. The van der Waals surface area contributed by atoms with Crippen molar-refractivity contribution in [2.24, 2.45) is 5.92 Å². The molecule has 1 aliphatic rings. The minimum Gasteiger partial charge on any atom is -0.467 e. The van der Waals surface area contributed by atoms with E-state index >= 15 is 0 Å². The van der Waals surface area contributed by atoms with Crippen molar-refractivity contribution in [3.8, 4) is 0 Å². The average molecular weight is 303 g/mol. The zero-order valence-electron chi connectivity index (χ0n) is 13.4. The van der Waals surface area contributed by atoms with Crippen molar-refractivity contribution in [2.75, 3.05) is 7.11 Å². The van der Waals surface area contributed by atoms with E-state index in [-0.39, 0.29) is 17.8 Å². The highest BCUT2D eigenvalue weighted by Crippen LogP contribution is 2.24. The third-order valence-corrected chi connectivity index (χ3v) is 4.30. The highest BCUT2D eigenvalue weighted by atomic mass is 16.5. The minimum absolute atomic E-state index is 0.0113. The number of hydrogen-bond acceptors (Lipinski definition) is 3. The van der Waals surface area contributed by atoms with Gasteiger partial charge in [-0.15, -0.1) is 0 Å². The van der Waals surface area contributed by atoms with Crippen molar-refractivity contribution in [1.82, 2.24) is 5.32 Å². The molecule has 1 N–H and O–H groups in total. The van der Waals surface area contributed by atoms with Crippen LogP contribution in [-0.4, -0.2) is 25.0 Å². The van der Waals surface area contributed by atoms with Crippen LogP contribution in [0.1, 0.15) is 43.2 Å². The van der Waals surface area contributed by atoms with Crippen LogP contribution in [0.3, 0.4) is 0 Å². The summed E-state index contributed by atoms with van der Waals surface area (Å²) >= 11 is 0. The van der Waals surface area contributed by atoms with Crippen LogP contribution >= 0.6 is 0 Å². The first-order valence-electron chi connectivity index (χ1n) is 8.04. The van der Waals surface area contributed by atoms with Gasteiger partial charge in [-0.2, -0.15) is 0 Å². The Labute approximate surface area is 132 Å². The fourth-order valence-electron chi connectivity index (χ4n) is 3.06. The molecule has 0 spiro atoms. The van der Waals surface area contributed by atoms with Gasteiger partial charge in [0.05, 0.1) is 7.11 Å². The highest BCUT2D eigenvalue weighted by molar-refractivity contribution is 5.86. The number of carbonyl (C=O) groups is 2. The second kappa shape index (κ2) is 7.97. The molecule has 1 aliphatic carbocycles. The Morgan fingerprint density at radius 3 is 2.64 bits per heavy atom. The quantitative estimate of drug-likeness (QED) is 0.851. The van der Waals surface area contributed by atoms with Crippen LogP contribution in [0.15, 0.2) is 24.3 Å². The van der Waals surface area contributed by atoms with Gasteiger partial charge in [0.1, 0.15) is 6.04 Å². The Balaban J connectivity index is 2.02. The Bertz CT molecular complexity index is 521. The normalized spacial score (nSPS) is 16.8. The number of methoxy groups -OCH3 is 1. The fraction of sp³-hybridized carbons (Fsp3) is 0.556. The third-order valence-electron chi connectivity index (χ3n) is 4.30. The molecule has 120 valence electrons. The SMILES string of the molecule is COC(=O)[C@H](Cc1cccc(C)c1)NC(=O)C1CCCCC1. The van der Waals surface area contributed by atoms with Crippen molar-refractivity contribution < 1.29 is 14.3 Å². The largest absolute Gasteiger partial charge is 0.467 e. The van der Waals surface area contributed by atoms with E-state index in [4.69, 9.17) is 4.74 Å². The lowest BCUT2D eigenvalue weighted by Gasteiger charge is -2.24. The van der Waals surface area contributed by atoms with E-state index in [0.717, 1.165) is 36.8 Å². The highest BCUT2D eigenvalue weighted by Gasteiger charge is 2.27. The molecule has 1 aromatic carbocycles. The molecule has 4 nitrogen and oxygen atoms in total. The molecule has 0 aliphatic heterocycles. The predicted molar refractivity (Wildman–Crippen MR) is 85.4 cm³/mol. The molecule has 0 radical (unpaired) electrons. The first-order valence-corrected chi connectivity index (χ1v) is 8.04. The van der Waals surface area contributed by atoms with Crippen molar-refractivity contribution in [2.45, 2.75) is 51.5 Å². The smallest absolute Gasteiger partial charge is 0.328 e. The molecule has 1 fully saturated rings. The van der Waals surface area contributed by atoms with E-state index in [2.05, 4.69) is 5.32 Å². The minimum atomic E-state index is -0.610. The van der Waals surface area contributed by atoms with E-state index in [1.165, 1.54) is 13.5 Å². The standard InChI is InChI=1S/C18H25NO3/c1-13-7-6-8-14(11-13)12-16(18(21)22-2)19-17(20)15-9-4-3-5-10-15/h6-8,11,15-16H,3-5,9-10,12H2,1-2H3,(H,19,20)/t16-/m0/s1. The molecule has 0 saturated heterocycles. The van der Waals surface area contributed by atoms with Crippen molar-refractivity contribution in [3.63, 3.8) is 0 Å². The molecule has 1 atom stereocenters. The van der Waals surface area contributed by atoms with E-state index in [1.54, 1.807) is 0 Å². The first-order chi connectivity index (χ1) is 10.6. The van der Waals surface area contributed by atoms with Gasteiger partial charge in [-0.25, -0.2) is 4.79 Å². The molecule has 1 saturated carbocycles. The van der Waals surface area contributed by atoms with E-state index < -0.39 is 6.04 Å². The molecule has 0 heterocycles. The van der Waals surface area contributed by atoms with Gasteiger partial charge >= 0.3 is 5.97 Å². The Hall–Kier alpha value is -1.84. The van der Waals surface area contributed by atoms with E-state index in [1.807, 2.05) is 31.2 Å². The van der Waals surface area contributed by atoms with Crippen LogP contribution in [0.5, 0.6) is 0 Å². The molecule has 2 rings (SSSR count). The average Bonchev–Trinajstić information content (AvgIpc) is 2.54. The van der Waals surface area contributed by atoms with Crippen molar-refractivity contribution in [1.29, 1.82) is 0 Å². The first kappa shape index (κ1) is 16.5. The molecule has 1 aromatic rings. The molecule has 0 bridgehead atoms. The van der Waals surface area contributed by atoms with Gasteiger partial charge in [0, 0.05) is 12.3 Å². The van der Waals surface area contributed by atoms with Crippen LogP contribution in [0.25, 0.3) is 0 Å². The lowest BCUT2D eigenvalue weighted by Crippen LogP contribution is -2.45. The van der Waals surface area contributed by atoms with Gasteiger partial charge in [0.25, 0.3) is 0 Å². The molecule has 0 aromatic heterocycles. The Morgan fingerprint density at radius 2 is 2.00 bits per heavy atom. The number of aryl methyl sites for hydroxylation is 1. The van der Waals surface area contributed by atoms with Crippen molar-refractivity contribution >= 4 is 11.9 Å². The second-order valence-corrected chi connectivity index (χ2v) is 6.11. The van der Waals surface area contributed by atoms with Gasteiger partial charge < -0.3 is 10.1 Å². The summed E-state index contributed by atoms with van der Waals surface area (Å²) in [4.78, 5) is 24.3. The molecule has 22 heavy (non-hydrogen) atoms. The van der Waals surface area contributed by atoms with Crippen molar-refractivity contribution in [3.05, 3.63) is 35.4 Å². The number of hydrogen-bond donors (Lipinski definition) is 1. The summed E-state index contributed by atoms with van der Waals surface area (Å²) in [6, 6.07) is 7.36. The summed E-state index contributed by atoms with van der Waals surface area (Å²) in [6.45, 7) is 2.01. The molecular weight excluding hydrogens is 278 g/mol. The maximum absolute atomic E-state index is 12.4. The van der Waals surface area contributed by atoms with Crippen LogP contribution < -0.4 is 5.32 Å². The zero-order chi connectivity index (χ0) is 15.9. The second-order valence-electron chi connectivity index (χ2n) is 6.11. The summed E-state index contributed by atoms with van der Waals surface area (Å²) in [5.74, 6) is -0.355. The number of amides is 1. The van der Waals surface area contributed by atoms with E-state index in [9.17, 15) is 9.59 Å². The Morgan fingerprint density at radius 1 is 1.27 bits per heavy atom. The van der Waals surface area contributed by atoms with Gasteiger partial charge in [0.15, 0.2) is 0 Å². The van der Waals surface area contributed by atoms with Crippen LogP contribution in [0.2, 0.25) is 0 Å². The number of ether oxygens (including phenoxy) is 1. The topological polar surface area (TPSA) is 55.4 Å². The fourth-order valence-corrected chi connectivity index (χ4v) is 3.06.